The van der Waals surface area contributed by atoms with E-state index >= 15 is 0 Å². The number of carboxylic acid groups (broad SMARTS) is 1. The van der Waals surface area contributed by atoms with E-state index in [0.717, 1.165) is 30.5 Å². The van der Waals surface area contributed by atoms with Crippen LogP contribution in [0.5, 0.6) is 5.75 Å². The summed E-state index contributed by atoms with van der Waals surface area (Å²) in [5, 5.41) is 12.4. The predicted molar refractivity (Wildman–Crippen MR) is 97.9 cm³/mol. The Hall–Kier alpha value is -2.53. The minimum atomic E-state index is -0.987. The van der Waals surface area contributed by atoms with Crippen LogP contribution in [0.4, 0.5) is 5.69 Å². The zero-order valence-electron chi connectivity index (χ0n) is 14.4. The molecule has 132 valence electrons. The van der Waals surface area contributed by atoms with Gasteiger partial charge in [0.1, 0.15) is 5.75 Å². The lowest BCUT2D eigenvalue weighted by Crippen LogP contribution is -2.20. The topological polar surface area (TPSA) is 84.6 Å². The van der Waals surface area contributed by atoms with Crippen molar-refractivity contribution in [1.29, 1.82) is 0 Å². The number of para-hydroxylation sites is 1. The number of carboxylic acids is 1. The second kappa shape index (κ2) is 7.57. The van der Waals surface area contributed by atoms with Gasteiger partial charge in [-0.1, -0.05) is 30.3 Å². The van der Waals surface area contributed by atoms with E-state index in [-0.39, 0.29) is 18.7 Å². The van der Waals surface area contributed by atoms with Crippen molar-refractivity contribution in [3.05, 3.63) is 59.2 Å². The molecule has 5 nitrogen and oxygen atoms in total. The number of rotatable bonds is 6. The van der Waals surface area contributed by atoms with Gasteiger partial charge in [-0.15, -0.1) is 0 Å². The van der Waals surface area contributed by atoms with Crippen molar-refractivity contribution in [2.75, 3.05) is 11.9 Å². The van der Waals surface area contributed by atoms with Crippen LogP contribution in [-0.4, -0.2) is 17.7 Å². The van der Waals surface area contributed by atoms with Crippen LogP contribution in [0.15, 0.2) is 42.5 Å². The molecule has 0 saturated heterocycles. The summed E-state index contributed by atoms with van der Waals surface area (Å²) in [6, 6.07) is 13.8. The molecule has 1 aliphatic rings. The molecule has 0 heterocycles. The van der Waals surface area contributed by atoms with E-state index in [1.54, 1.807) is 6.07 Å². The minimum Gasteiger partial charge on any atom is -0.482 e. The summed E-state index contributed by atoms with van der Waals surface area (Å²) in [6.45, 7) is 1.69. The van der Waals surface area contributed by atoms with Gasteiger partial charge in [0.15, 0.2) is 6.61 Å². The smallest absolute Gasteiger partial charge is 0.341 e. The zero-order chi connectivity index (χ0) is 17.8. The molecule has 2 atom stereocenters. The van der Waals surface area contributed by atoms with Crippen molar-refractivity contribution >= 4 is 11.7 Å². The third-order valence-corrected chi connectivity index (χ3v) is 4.64. The normalized spacial score (nSPS) is 17.4. The van der Waals surface area contributed by atoms with Crippen molar-refractivity contribution in [2.24, 2.45) is 5.73 Å². The molecule has 0 bridgehead atoms. The van der Waals surface area contributed by atoms with E-state index in [4.69, 9.17) is 15.6 Å². The second-order valence-corrected chi connectivity index (χ2v) is 6.46. The van der Waals surface area contributed by atoms with Crippen LogP contribution >= 0.6 is 0 Å². The highest BCUT2D eigenvalue weighted by molar-refractivity contribution is 5.68. The molecule has 0 fully saturated rings. The van der Waals surface area contributed by atoms with Crippen molar-refractivity contribution in [1.82, 2.24) is 0 Å². The molecule has 2 unspecified atom stereocenters. The first-order valence-electron chi connectivity index (χ1n) is 8.63. The molecule has 0 saturated carbocycles. The lowest BCUT2D eigenvalue weighted by Gasteiger charge is -2.27. The molecule has 4 N–H and O–H groups in total. The maximum atomic E-state index is 10.8. The Balaban J connectivity index is 1.84. The van der Waals surface area contributed by atoms with Crippen molar-refractivity contribution in [3.8, 4) is 5.75 Å². The molecule has 2 aromatic rings. The fraction of sp³-hybridized carbons (Fsp3) is 0.350. The first-order valence-corrected chi connectivity index (χ1v) is 8.63. The summed E-state index contributed by atoms with van der Waals surface area (Å²) in [4.78, 5) is 10.8. The van der Waals surface area contributed by atoms with Gasteiger partial charge >= 0.3 is 5.97 Å². The molecule has 25 heavy (non-hydrogen) atoms. The quantitative estimate of drug-likeness (QED) is 0.747. The maximum Gasteiger partial charge on any atom is 0.341 e. The minimum absolute atomic E-state index is 0.0365. The fourth-order valence-corrected chi connectivity index (χ4v) is 3.47. The van der Waals surface area contributed by atoms with Gasteiger partial charge in [-0.3, -0.25) is 0 Å². The lowest BCUT2D eigenvalue weighted by atomic mass is 9.86. The van der Waals surface area contributed by atoms with Gasteiger partial charge in [0.25, 0.3) is 0 Å². The summed E-state index contributed by atoms with van der Waals surface area (Å²) in [7, 11) is 0. The van der Waals surface area contributed by atoms with Gasteiger partial charge in [0, 0.05) is 17.3 Å². The monoisotopic (exact) mass is 340 g/mol. The number of hydrogen-bond acceptors (Lipinski definition) is 4. The molecule has 2 aromatic carbocycles. The molecule has 0 aliphatic heterocycles. The molecular formula is C20H24N2O3. The van der Waals surface area contributed by atoms with Crippen LogP contribution in [0.1, 0.15) is 48.5 Å². The predicted octanol–water partition coefficient (Wildman–Crippen LogP) is 3.66. The Labute approximate surface area is 147 Å². The summed E-state index contributed by atoms with van der Waals surface area (Å²) in [5.74, 6) is -0.405. The number of hydrogen-bond donors (Lipinski definition) is 3. The molecule has 0 spiro atoms. The summed E-state index contributed by atoms with van der Waals surface area (Å²) in [6.07, 6.45) is 3.18. The zero-order valence-corrected chi connectivity index (χ0v) is 14.4. The number of fused-ring (bicyclic) bond motifs is 1. The second-order valence-electron chi connectivity index (χ2n) is 6.46. The fourth-order valence-electron chi connectivity index (χ4n) is 3.47. The highest BCUT2D eigenvalue weighted by Gasteiger charge is 2.21. The summed E-state index contributed by atoms with van der Waals surface area (Å²) >= 11 is 0. The van der Waals surface area contributed by atoms with E-state index in [1.807, 2.05) is 25.1 Å². The van der Waals surface area contributed by atoms with E-state index in [2.05, 4.69) is 23.5 Å². The first-order chi connectivity index (χ1) is 12.1. The standard InChI is InChI=1S/C20H24N2O3/c1-13(15-8-2-3-11-18(15)25-12-19(23)24)22-17-10-5-7-14-6-4-9-16(21)20(14)17/h2-3,5,7-8,10-11,13,16,22H,4,6,9,12,21H2,1H3,(H,23,24). The molecule has 0 aromatic heterocycles. The lowest BCUT2D eigenvalue weighted by molar-refractivity contribution is -0.139. The highest BCUT2D eigenvalue weighted by Crippen LogP contribution is 2.36. The Kier molecular flexibility index (Phi) is 5.24. The molecular weight excluding hydrogens is 316 g/mol. The van der Waals surface area contributed by atoms with E-state index in [1.165, 1.54) is 11.1 Å². The average molecular weight is 340 g/mol. The highest BCUT2D eigenvalue weighted by atomic mass is 16.5. The number of carbonyl (C=O) groups is 1. The van der Waals surface area contributed by atoms with Crippen LogP contribution in [0.3, 0.4) is 0 Å². The third kappa shape index (κ3) is 3.94. The van der Waals surface area contributed by atoms with Crippen LogP contribution in [-0.2, 0) is 11.2 Å². The number of nitrogens with two attached hydrogens (primary N) is 1. The van der Waals surface area contributed by atoms with Gasteiger partial charge < -0.3 is 20.9 Å². The SMILES string of the molecule is CC(Nc1cccc2c1C(N)CCC2)c1ccccc1OCC(=O)O. The molecule has 5 heteroatoms. The van der Waals surface area contributed by atoms with Crippen LogP contribution < -0.4 is 15.8 Å². The molecule has 3 rings (SSSR count). The number of benzene rings is 2. The van der Waals surface area contributed by atoms with Crippen molar-refractivity contribution < 1.29 is 14.6 Å². The Morgan fingerprint density at radius 2 is 2.12 bits per heavy atom. The molecule has 1 aliphatic carbocycles. The Morgan fingerprint density at radius 1 is 1.32 bits per heavy atom. The summed E-state index contributed by atoms with van der Waals surface area (Å²) in [5.41, 5.74) is 10.8. The van der Waals surface area contributed by atoms with E-state index < -0.39 is 5.97 Å². The maximum absolute atomic E-state index is 10.8. The van der Waals surface area contributed by atoms with Crippen LogP contribution in [0.25, 0.3) is 0 Å². The number of aryl methyl sites for hydroxylation is 1. The van der Waals surface area contributed by atoms with Gasteiger partial charge in [-0.2, -0.15) is 0 Å². The Morgan fingerprint density at radius 3 is 2.92 bits per heavy atom. The van der Waals surface area contributed by atoms with Gasteiger partial charge in [0.05, 0.1) is 6.04 Å². The third-order valence-electron chi connectivity index (χ3n) is 4.64. The van der Waals surface area contributed by atoms with Crippen LogP contribution in [0.2, 0.25) is 0 Å². The molecule has 0 radical (unpaired) electrons. The molecule has 0 amide bonds. The first kappa shape index (κ1) is 17.3. The number of aliphatic carboxylic acids is 1. The average Bonchev–Trinajstić information content (AvgIpc) is 2.60. The van der Waals surface area contributed by atoms with Crippen molar-refractivity contribution in [2.45, 2.75) is 38.3 Å². The van der Waals surface area contributed by atoms with Crippen molar-refractivity contribution in [3.63, 3.8) is 0 Å². The Bertz CT molecular complexity index is 760. The largest absolute Gasteiger partial charge is 0.482 e. The van der Waals surface area contributed by atoms with Crippen LogP contribution in [0, 0.1) is 0 Å². The van der Waals surface area contributed by atoms with Gasteiger partial charge in [-0.05, 0) is 49.4 Å². The van der Waals surface area contributed by atoms with Gasteiger partial charge in [-0.25, -0.2) is 4.79 Å². The summed E-state index contributed by atoms with van der Waals surface area (Å²) < 4.78 is 5.43. The number of nitrogens with one attached hydrogen (secondary N) is 1. The van der Waals surface area contributed by atoms with E-state index in [0.29, 0.717) is 5.75 Å². The van der Waals surface area contributed by atoms with Gasteiger partial charge in [0.2, 0.25) is 0 Å². The number of ether oxygens (including phenoxy) is 1. The van der Waals surface area contributed by atoms with E-state index in [9.17, 15) is 4.79 Å². The number of anilines is 1.